The van der Waals surface area contributed by atoms with Crippen molar-refractivity contribution in [3.63, 3.8) is 0 Å². The zero-order valence-electron chi connectivity index (χ0n) is 7.28. The van der Waals surface area contributed by atoms with Gasteiger partial charge in [-0.25, -0.2) is 4.79 Å². The van der Waals surface area contributed by atoms with E-state index >= 15 is 0 Å². The van der Waals surface area contributed by atoms with E-state index in [1.54, 1.807) is 6.07 Å². The first-order chi connectivity index (χ1) is 6.72. The van der Waals surface area contributed by atoms with Gasteiger partial charge in [0.05, 0.1) is 12.7 Å². The molecule has 2 rings (SSSR count). The summed E-state index contributed by atoms with van der Waals surface area (Å²) in [6.45, 7) is 0. The number of hydrogen-bond acceptors (Lipinski definition) is 4. The first kappa shape index (κ1) is 8.68. The van der Waals surface area contributed by atoms with E-state index in [-0.39, 0.29) is 16.7 Å². The van der Waals surface area contributed by atoms with Gasteiger partial charge in [-0.3, -0.25) is 0 Å². The van der Waals surface area contributed by atoms with Crippen LogP contribution in [0.2, 0.25) is 0 Å². The highest BCUT2D eigenvalue weighted by molar-refractivity contribution is 6.01. The highest BCUT2D eigenvalue weighted by Crippen LogP contribution is 2.19. The zero-order chi connectivity index (χ0) is 10.1. The van der Waals surface area contributed by atoms with Crippen LogP contribution in [0.3, 0.4) is 0 Å². The van der Waals surface area contributed by atoms with Gasteiger partial charge >= 0.3 is 12.1 Å². The SMILES string of the molecule is COC(=O)c1cccc2oc(F)nc12. The minimum absolute atomic E-state index is 0.178. The Kier molecular flexibility index (Phi) is 1.92. The molecular formula is C9H6FNO3. The number of hydrogen-bond donors (Lipinski definition) is 0. The van der Waals surface area contributed by atoms with Gasteiger partial charge < -0.3 is 9.15 Å². The normalized spacial score (nSPS) is 10.4. The molecule has 0 saturated heterocycles. The molecule has 5 heteroatoms. The molecule has 0 radical (unpaired) electrons. The monoisotopic (exact) mass is 195 g/mol. The molecule has 0 amide bonds. The average Bonchev–Trinajstić information content (AvgIpc) is 2.56. The van der Waals surface area contributed by atoms with Crippen molar-refractivity contribution < 1.29 is 18.3 Å². The van der Waals surface area contributed by atoms with E-state index in [1.807, 2.05) is 0 Å². The lowest BCUT2D eigenvalue weighted by Gasteiger charge is -1.97. The van der Waals surface area contributed by atoms with E-state index in [1.165, 1.54) is 19.2 Å². The Hall–Kier alpha value is -1.91. The number of carbonyl (C=O) groups is 1. The van der Waals surface area contributed by atoms with Gasteiger partial charge in [-0.2, -0.15) is 4.98 Å². The molecule has 0 atom stereocenters. The number of ether oxygens (including phenoxy) is 1. The van der Waals surface area contributed by atoms with Crippen LogP contribution in [-0.2, 0) is 4.74 Å². The number of methoxy groups -OCH3 is 1. The molecule has 0 fully saturated rings. The number of aromatic nitrogens is 1. The van der Waals surface area contributed by atoms with Crippen LogP contribution in [0, 0.1) is 6.14 Å². The van der Waals surface area contributed by atoms with Crippen molar-refractivity contribution in [3.05, 3.63) is 29.9 Å². The second kappa shape index (κ2) is 3.10. The minimum atomic E-state index is -0.962. The van der Waals surface area contributed by atoms with Gasteiger partial charge in [-0.15, -0.1) is 4.39 Å². The first-order valence-corrected chi connectivity index (χ1v) is 3.85. The van der Waals surface area contributed by atoms with E-state index in [2.05, 4.69) is 14.1 Å². The van der Waals surface area contributed by atoms with Crippen molar-refractivity contribution in [3.8, 4) is 0 Å². The molecular weight excluding hydrogens is 189 g/mol. The van der Waals surface area contributed by atoms with Gasteiger partial charge in [0.1, 0.15) is 5.52 Å². The van der Waals surface area contributed by atoms with Gasteiger partial charge in [0.2, 0.25) is 0 Å². The highest BCUT2D eigenvalue weighted by atomic mass is 19.1. The third kappa shape index (κ3) is 1.22. The molecule has 2 aromatic rings. The number of esters is 1. The summed E-state index contributed by atoms with van der Waals surface area (Å²) in [5.74, 6) is -0.566. The van der Waals surface area contributed by atoms with Crippen molar-refractivity contribution in [2.45, 2.75) is 0 Å². The standard InChI is InChI=1S/C9H6FNO3/c1-13-8(12)5-3-2-4-6-7(5)11-9(10)14-6/h2-4H,1H3. The summed E-state index contributed by atoms with van der Waals surface area (Å²) in [7, 11) is 1.25. The molecule has 14 heavy (non-hydrogen) atoms. The fourth-order valence-corrected chi connectivity index (χ4v) is 1.20. The number of oxazole rings is 1. The van der Waals surface area contributed by atoms with E-state index in [9.17, 15) is 9.18 Å². The Bertz CT molecular complexity index is 492. The Morgan fingerprint density at radius 2 is 2.36 bits per heavy atom. The molecule has 0 N–H and O–H groups in total. The molecule has 0 bridgehead atoms. The Balaban J connectivity index is 2.70. The predicted octanol–water partition coefficient (Wildman–Crippen LogP) is 1.75. The fourth-order valence-electron chi connectivity index (χ4n) is 1.20. The molecule has 0 aliphatic carbocycles. The Morgan fingerprint density at radius 3 is 3.07 bits per heavy atom. The summed E-state index contributed by atoms with van der Waals surface area (Å²) >= 11 is 0. The first-order valence-electron chi connectivity index (χ1n) is 3.85. The summed E-state index contributed by atoms with van der Waals surface area (Å²) in [6.07, 6.45) is -0.962. The topological polar surface area (TPSA) is 52.3 Å². The predicted molar refractivity (Wildman–Crippen MR) is 45.3 cm³/mol. The molecule has 1 aromatic heterocycles. The lowest BCUT2D eigenvalue weighted by Crippen LogP contribution is -2.01. The summed E-state index contributed by atoms with van der Waals surface area (Å²) in [5, 5.41) is 0. The summed E-state index contributed by atoms with van der Waals surface area (Å²) < 4.78 is 21.8. The van der Waals surface area contributed by atoms with Gasteiger partial charge in [0.25, 0.3) is 0 Å². The fraction of sp³-hybridized carbons (Fsp3) is 0.111. The van der Waals surface area contributed by atoms with E-state index < -0.39 is 12.1 Å². The quantitative estimate of drug-likeness (QED) is 0.650. The smallest absolute Gasteiger partial charge is 0.382 e. The van der Waals surface area contributed by atoms with Crippen LogP contribution in [0.5, 0.6) is 0 Å². The second-order valence-corrected chi connectivity index (χ2v) is 2.61. The van der Waals surface area contributed by atoms with Crippen LogP contribution < -0.4 is 0 Å². The molecule has 1 aromatic carbocycles. The Morgan fingerprint density at radius 1 is 1.57 bits per heavy atom. The number of nitrogens with zero attached hydrogens (tertiary/aromatic N) is 1. The molecule has 4 nitrogen and oxygen atoms in total. The van der Waals surface area contributed by atoms with E-state index in [4.69, 9.17) is 0 Å². The number of carbonyl (C=O) groups excluding carboxylic acids is 1. The van der Waals surface area contributed by atoms with Crippen LogP contribution in [0.15, 0.2) is 22.6 Å². The molecule has 0 aliphatic heterocycles. The van der Waals surface area contributed by atoms with E-state index in [0.29, 0.717) is 0 Å². The maximum Gasteiger partial charge on any atom is 0.382 e. The molecule has 0 aliphatic rings. The van der Waals surface area contributed by atoms with Crippen molar-refractivity contribution in [1.82, 2.24) is 4.98 Å². The average molecular weight is 195 g/mol. The van der Waals surface area contributed by atoms with Gasteiger partial charge in [-0.05, 0) is 12.1 Å². The third-order valence-corrected chi connectivity index (χ3v) is 1.80. The molecule has 0 unspecified atom stereocenters. The zero-order valence-corrected chi connectivity index (χ0v) is 7.28. The summed E-state index contributed by atoms with van der Waals surface area (Å²) in [6, 6.07) is 4.59. The summed E-state index contributed by atoms with van der Waals surface area (Å²) in [5.41, 5.74) is 0.597. The van der Waals surface area contributed by atoms with Crippen molar-refractivity contribution in [2.24, 2.45) is 0 Å². The van der Waals surface area contributed by atoms with Crippen LogP contribution in [0.4, 0.5) is 4.39 Å². The maximum atomic E-state index is 12.6. The highest BCUT2D eigenvalue weighted by Gasteiger charge is 2.14. The lowest BCUT2D eigenvalue weighted by atomic mass is 10.2. The van der Waals surface area contributed by atoms with Crippen molar-refractivity contribution >= 4 is 17.1 Å². The van der Waals surface area contributed by atoms with Crippen LogP contribution >= 0.6 is 0 Å². The largest absolute Gasteiger partial charge is 0.465 e. The number of halogens is 1. The summed E-state index contributed by atoms with van der Waals surface area (Å²) in [4.78, 5) is 14.7. The van der Waals surface area contributed by atoms with Crippen LogP contribution in [-0.4, -0.2) is 18.1 Å². The van der Waals surface area contributed by atoms with Crippen molar-refractivity contribution in [2.75, 3.05) is 7.11 Å². The molecule has 72 valence electrons. The maximum absolute atomic E-state index is 12.6. The number of para-hydroxylation sites is 1. The molecule has 0 saturated carbocycles. The number of fused-ring (bicyclic) bond motifs is 1. The van der Waals surface area contributed by atoms with Gasteiger partial charge in [0.15, 0.2) is 5.58 Å². The van der Waals surface area contributed by atoms with Crippen LogP contribution in [0.25, 0.3) is 11.1 Å². The van der Waals surface area contributed by atoms with Gasteiger partial charge in [0, 0.05) is 0 Å². The molecule has 0 spiro atoms. The second-order valence-electron chi connectivity index (χ2n) is 2.61. The lowest BCUT2D eigenvalue weighted by molar-refractivity contribution is 0.0603. The van der Waals surface area contributed by atoms with Crippen LogP contribution in [0.1, 0.15) is 10.4 Å². The Labute approximate surface area is 78.3 Å². The minimum Gasteiger partial charge on any atom is -0.465 e. The third-order valence-electron chi connectivity index (χ3n) is 1.80. The number of benzene rings is 1. The van der Waals surface area contributed by atoms with Crippen molar-refractivity contribution in [1.29, 1.82) is 0 Å². The van der Waals surface area contributed by atoms with Gasteiger partial charge in [-0.1, -0.05) is 6.07 Å². The van der Waals surface area contributed by atoms with E-state index in [0.717, 1.165) is 0 Å². The molecule has 1 heterocycles. The number of rotatable bonds is 1.